The number of unbranched alkanes of at least 4 members (excludes halogenated alkanes) is 1. The minimum atomic E-state index is 0.632. The number of aryl methyl sites for hydroxylation is 1. The van der Waals surface area contributed by atoms with Crippen molar-refractivity contribution >= 4 is 28.6 Å². The molecule has 0 bridgehead atoms. The molecule has 2 aromatic rings. The van der Waals surface area contributed by atoms with Crippen molar-refractivity contribution in [3.05, 3.63) is 24.3 Å². The Labute approximate surface area is 113 Å². The van der Waals surface area contributed by atoms with Crippen LogP contribution in [0.15, 0.2) is 24.3 Å². The molecule has 0 saturated carbocycles. The van der Waals surface area contributed by atoms with Gasteiger partial charge in [0.25, 0.3) is 0 Å². The topological polar surface area (TPSA) is 21.1 Å². The molecule has 0 spiro atoms. The van der Waals surface area contributed by atoms with Crippen molar-refractivity contribution < 1.29 is 0 Å². The predicted octanol–water partition coefficient (Wildman–Crippen LogP) is 3.42. The summed E-state index contributed by atoms with van der Waals surface area (Å²) in [6.45, 7) is 4.06. The van der Waals surface area contributed by atoms with Crippen LogP contribution in [0.3, 0.4) is 0 Å². The molecule has 0 fully saturated rings. The highest BCUT2D eigenvalue weighted by molar-refractivity contribution is 6.18. The van der Waals surface area contributed by atoms with Crippen LogP contribution in [0.1, 0.15) is 19.8 Å². The first-order chi connectivity index (χ1) is 8.77. The lowest BCUT2D eigenvalue weighted by Gasteiger charge is -2.22. The van der Waals surface area contributed by atoms with E-state index >= 15 is 0 Å². The fourth-order valence-electron chi connectivity index (χ4n) is 2.18. The Kier molecular flexibility index (Phi) is 4.48. The van der Waals surface area contributed by atoms with Crippen LogP contribution in [0, 0.1) is 0 Å². The number of hydrogen-bond acceptors (Lipinski definition) is 2. The fourth-order valence-corrected chi connectivity index (χ4v) is 2.38. The van der Waals surface area contributed by atoms with E-state index in [0.29, 0.717) is 5.88 Å². The zero-order valence-corrected chi connectivity index (χ0v) is 11.8. The smallest absolute Gasteiger partial charge is 0.206 e. The van der Waals surface area contributed by atoms with Crippen LogP contribution in [0.4, 0.5) is 5.95 Å². The minimum absolute atomic E-state index is 0.632. The van der Waals surface area contributed by atoms with Crippen molar-refractivity contribution in [3.8, 4) is 0 Å². The van der Waals surface area contributed by atoms with Gasteiger partial charge in [-0.2, -0.15) is 0 Å². The number of rotatable bonds is 6. The van der Waals surface area contributed by atoms with Gasteiger partial charge in [-0.3, -0.25) is 0 Å². The average Bonchev–Trinajstić information content (AvgIpc) is 2.73. The van der Waals surface area contributed by atoms with Crippen LogP contribution in [0.5, 0.6) is 0 Å². The number of anilines is 1. The molecule has 0 unspecified atom stereocenters. The third-order valence-electron chi connectivity index (χ3n) is 3.18. The molecule has 0 saturated heterocycles. The zero-order valence-electron chi connectivity index (χ0n) is 11.1. The second-order valence-corrected chi connectivity index (χ2v) is 4.87. The molecule has 0 aliphatic carbocycles. The van der Waals surface area contributed by atoms with Crippen LogP contribution in [-0.4, -0.2) is 28.5 Å². The summed E-state index contributed by atoms with van der Waals surface area (Å²) in [6, 6.07) is 8.23. The standard InChI is InChI=1S/C14H20ClN3/c1-3-4-10-18(11-9-15)14-16-12-7-5-6-8-13(12)17(14)2/h5-8H,3-4,9-11H2,1-2H3. The molecule has 18 heavy (non-hydrogen) atoms. The summed E-state index contributed by atoms with van der Waals surface area (Å²) < 4.78 is 2.15. The highest BCUT2D eigenvalue weighted by Crippen LogP contribution is 2.21. The lowest BCUT2D eigenvalue weighted by atomic mass is 10.3. The highest BCUT2D eigenvalue weighted by atomic mass is 35.5. The molecule has 3 nitrogen and oxygen atoms in total. The van der Waals surface area contributed by atoms with E-state index in [1.807, 2.05) is 12.1 Å². The molecule has 1 aromatic carbocycles. The SMILES string of the molecule is CCCCN(CCCl)c1nc2ccccc2n1C. The Hall–Kier alpha value is -1.22. The molecule has 0 aliphatic rings. The number of imidazole rings is 1. The first-order valence-electron chi connectivity index (χ1n) is 6.50. The van der Waals surface area contributed by atoms with E-state index in [-0.39, 0.29) is 0 Å². The van der Waals surface area contributed by atoms with Crippen LogP contribution in [0.25, 0.3) is 11.0 Å². The van der Waals surface area contributed by atoms with E-state index in [4.69, 9.17) is 16.6 Å². The van der Waals surface area contributed by atoms with E-state index in [9.17, 15) is 0 Å². The first kappa shape index (κ1) is 13.2. The number of benzene rings is 1. The predicted molar refractivity (Wildman–Crippen MR) is 78.6 cm³/mol. The maximum absolute atomic E-state index is 5.90. The Morgan fingerprint density at radius 2 is 2.06 bits per heavy atom. The lowest BCUT2D eigenvalue weighted by Crippen LogP contribution is -2.29. The molecule has 0 aliphatic heterocycles. The Morgan fingerprint density at radius 3 is 2.72 bits per heavy atom. The van der Waals surface area contributed by atoms with Crippen molar-refractivity contribution in [2.45, 2.75) is 19.8 Å². The van der Waals surface area contributed by atoms with Gasteiger partial charge >= 0.3 is 0 Å². The normalized spacial score (nSPS) is 11.1. The van der Waals surface area contributed by atoms with Gasteiger partial charge in [-0.25, -0.2) is 4.98 Å². The molecule has 1 heterocycles. The van der Waals surface area contributed by atoms with Gasteiger partial charge in [-0.05, 0) is 18.6 Å². The molecule has 4 heteroatoms. The summed E-state index contributed by atoms with van der Waals surface area (Å²) in [7, 11) is 2.07. The largest absolute Gasteiger partial charge is 0.341 e. The number of fused-ring (bicyclic) bond motifs is 1. The molecular weight excluding hydrogens is 246 g/mol. The molecule has 98 valence electrons. The van der Waals surface area contributed by atoms with E-state index in [0.717, 1.165) is 24.6 Å². The number of nitrogens with zero attached hydrogens (tertiary/aromatic N) is 3. The Morgan fingerprint density at radius 1 is 1.28 bits per heavy atom. The van der Waals surface area contributed by atoms with Gasteiger partial charge in [0.15, 0.2) is 0 Å². The molecule has 0 radical (unpaired) electrons. The summed E-state index contributed by atoms with van der Waals surface area (Å²) in [5.74, 6) is 1.65. The van der Waals surface area contributed by atoms with Gasteiger partial charge < -0.3 is 9.47 Å². The third-order valence-corrected chi connectivity index (χ3v) is 3.35. The Balaban J connectivity index is 2.34. The van der Waals surface area contributed by atoms with Gasteiger partial charge in [0.05, 0.1) is 11.0 Å². The van der Waals surface area contributed by atoms with Crippen LogP contribution >= 0.6 is 11.6 Å². The molecule has 1 aromatic heterocycles. The second kappa shape index (κ2) is 6.10. The van der Waals surface area contributed by atoms with E-state index in [1.165, 1.54) is 18.4 Å². The molecular formula is C14H20ClN3. The van der Waals surface area contributed by atoms with Crippen molar-refractivity contribution in [1.29, 1.82) is 0 Å². The van der Waals surface area contributed by atoms with Crippen molar-refractivity contribution in [2.75, 3.05) is 23.9 Å². The minimum Gasteiger partial charge on any atom is -0.341 e. The molecule has 0 amide bonds. The fraction of sp³-hybridized carbons (Fsp3) is 0.500. The summed E-state index contributed by atoms with van der Waals surface area (Å²) in [4.78, 5) is 6.99. The van der Waals surface area contributed by atoms with Gasteiger partial charge in [0.1, 0.15) is 0 Å². The third kappa shape index (κ3) is 2.61. The quantitative estimate of drug-likeness (QED) is 0.747. The van der Waals surface area contributed by atoms with Gasteiger partial charge in [0.2, 0.25) is 5.95 Å². The van der Waals surface area contributed by atoms with Crippen LogP contribution in [0.2, 0.25) is 0 Å². The van der Waals surface area contributed by atoms with E-state index in [1.54, 1.807) is 0 Å². The zero-order chi connectivity index (χ0) is 13.0. The summed E-state index contributed by atoms with van der Waals surface area (Å²) >= 11 is 5.90. The Bertz CT molecular complexity index is 507. The van der Waals surface area contributed by atoms with Crippen molar-refractivity contribution in [1.82, 2.24) is 9.55 Å². The number of alkyl halides is 1. The lowest BCUT2D eigenvalue weighted by molar-refractivity contribution is 0.702. The molecule has 0 atom stereocenters. The van der Waals surface area contributed by atoms with Crippen LogP contribution < -0.4 is 4.90 Å². The average molecular weight is 266 g/mol. The number of aromatic nitrogens is 2. The van der Waals surface area contributed by atoms with E-state index < -0.39 is 0 Å². The van der Waals surface area contributed by atoms with Gasteiger partial charge in [-0.1, -0.05) is 25.5 Å². The maximum atomic E-state index is 5.90. The molecule has 2 rings (SSSR count). The maximum Gasteiger partial charge on any atom is 0.206 e. The first-order valence-corrected chi connectivity index (χ1v) is 7.03. The number of hydrogen-bond donors (Lipinski definition) is 0. The van der Waals surface area contributed by atoms with E-state index in [2.05, 4.69) is 35.6 Å². The number of para-hydroxylation sites is 2. The summed E-state index contributed by atoms with van der Waals surface area (Å²) in [5, 5.41) is 0. The monoisotopic (exact) mass is 265 g/mol. The summed E-state index contributed by atoms with van der Waals surface area (Å²) in [5.41, 5.74) is 2.22. The second-order valence-electron chi connectivity index (χ2n) is 4.49. The molecule has 0 N–H and O–H groups in total. The van der Waals surface area contributed by atoms with Crippen molar-refractivity contribution in [2.24, 2.45) is 7.05 Å². The van der Waals surface area contributed by atoms with Gasteiger partial charge in [0, 0.05) is 26.0 Å². The number of halogens is 1. The van der Waals surface area contributed by atoms with Gasteiger partial charge in [-0.15, -0.1) is 11.6 Å². The summed E-state index contributed by atoms with van der Waals surface area (Å²) in [6.07, 6.45) is 2.35. The highest BCUT2D eigenvalue weighted by Gasteiger charge is 2.13. The van der Waals surface area contributed by atoms with Crippen LogP contribution in [-0.2, 0) is 7.05 Å². The van der Waals surface area contributed by atoms with Crippen molar-refractivity contribution in [3.63, 3.8) is 0 Å².